The van der Waals surface area contributed by atoms with E-state index in [1.165, 1.54) is 0 Å². The van der Waals surface area contributed by atoms with Gasteiger partial charge in [-0.05, 0) is 39.5 Å². The lowest BCUT2D eigenvalue weighted by Gasteiger charge is -2.27. The highest BCUT2D eigenvalue weighted by Crippen LogP contribution is 2.36. The van der Waals surface area contributed by atoms with Crippen LogP contribution in [0, 0.1) is 0 Å². The Morgan fingerprint density at radius 1 is 1.38 bits per heavy atom. The Morgan fingerprint density at radius 2 is 2.24 bits per heavy atom. The summed E-state index contributed by atoms with van der Waals surface area (Å²) in [5, 5.41) is 0. The molecule has 5 nitrogen and oxygen atoms in total. The highest BCUT2D eigenvalue weighted by Gasteiger charge is 2.38. The Morgan fingerprint density at radius 3 is 2.95 bits per heavy atom. The second-order valence-corrected chi connectivity index (χ2v) is 6.59. The van der Waals surface area contributed by atoms with Gasteiger partial charge in [0, 0.05) is 31.8 Å². The number of carbonyl (C=O) groups is 1. The molecule has 2 saturated heterocycles. The smallest absolute Gasteiger partial charge is 0.223 e. The van der Waals surface area contributed by atoms with E-state index in [0.717, 1.165) is 44.5 Å². The van der Waals surface area contributed by atoms with Crippen LogP contribution >= 0.6 is 0 Å². The third-order valence-electron chi connectivity index (χ3n) is 4.82. The van der Waals surface area contributed by atoms with E-state index < -0.39 is 0 Å². The number of hydrogen-bond donors (Lipinski definition) is 0. The van der Waals surface area contributed by atoms with Gasteiger partial charge in [-0.15, -0.1) is 0 Å². The van der Waals surface area contributed by atoms with Crippen LogP contribution in [0.1, 0.15) is 57.7 Å². The summed E-state index contributed by atoms with van der Waals surface area (Å²) in [6, 6.07) is 0.370. The summed E-state index contributed by atoms with van der Waals surface area (Å²) in [7, 11) is 0. The first kappa shape index (κ1) is 14.6. The minimum Gasteiger partial charge on any atom is -0.375 e. The van der Waals surface area contributed by atoms with Gasteiger partial charge in [-0.3, -0.25) is 4.79 Å². The van der Waals surface area contributed by atoms with Crippen LogP contribution in [0.4, 0.5) is 0 Å². The molecule has 2 aliphatic heterocycles. The molecule has 0 aromatic carbocycles. The van der Waals surface area contributed by atoms with E-state index in [1.807, 2.05) is 17.4 Å². The summed E-state index contributed by atoms with van der Waals surface area (Å²) in [6.45, 7) is 6.58. The number of hydrogen-bond acceptors (Lipinski definition) is 3. The minimum atomic E-state index is -0.0251. The van der Waals surface area contributed by atoms with Crippen LogP contribution in [0.2, 0.25) is 0 Å². The van der Waals surface area contributed by atoms with Crippen molar-refractivity contribution in [3.8, 4) is 0 Å². The molecule has 0 radical (unpaired) electrons. The molecule has 1 aromatic rings. The SMILES string of the molecule is CC(C)n1cncc1CN1CC[C@@]2(CCCO2)CCC1=O. The zero-order valence-corrected chi connectivity index (χ0v) is 13.0. The number of amides is 1. The van der Waals surface area contributed by atoms with E-state index in [1.54, 1.807) is 0 Å². The van der Waals surface area contributed by atoms with Gasteiger partial charge in [-0.2, -0.15) is 0 Å². The quantitative estimate of drug-likeness (QED) is 0.859. The van der Waals surface area contributed by atoms with Gasteiger partial charge in [-0.25, -0.2) is 4.98 Å². The lowest BCUT2D eigenvalue weighted by atomic mass is 9.92. The summed E-state index contributed by atoms with van der Waals surface area (Å²) in [5.74, 6) is 0.249. The fourth-order valence-electron chi connectivity index (χ4n) is 3.51. The zero-order chi connectivity index (χ0) is 14.9. The van der Waals surface area contributed by atoms with Gasteiger partial charge in [0.15, 0.2) is 0 Å². The molecule has 1 amide bonds. The molecule has 0 aliphatic carbocycles. The van der Waals surface area contributed by atoms with E-state index in [-0.39, 0.29) is 11.5 Å². The molecule has 2 fully saturated rings. The van der Waals surface area contributed by atoms with E-state index in [0.29, 0.717) is 19.0 Å². The lowest BCUT2D eigenvalue weighted by molar-refractivity contribution is -0.131. The van der Waals surface area contributed by atoms with E-state index >= 15 is 0 Å². The van der Waals surface area contributed by atoms with Crippen molar-refractivity contribution in [3.63, 3.8) is 0 Å². The van der Waals surface area contributed by atoms with E-state index in [9.17, 15) is 4.79 Å². The molecule has 3 rings (SSSR count). The first-order valence-corrected chi connectivity index (χ1v) is 8.02. The third-order valence-corrected chi connectivity index (χ3v) is 4.82. The predicted molar refractivity (Wildman–Crippen MR) is 79.8 cm³/mol. The molecule has 1 spiro atoms. The number of nitrogens with zero attached hydrogens (tertiary/aromatic N) is 3. The number of ether oxygens (including phenoxy) is 1. The van der Waals surface area contributed by atoms with Crippen molar-refractivity contribution in [1.29, 1.82) is 0 Å². The summed E-state index contributed by atoms with van der Waals surface area (Å²) in [4.78, 5) is 18.6. The maximum Gasteiger partial charge on any atom is 0.223 e. The normalized spacial score (nSPS) is 26.8. The van der Waals surface area contributed by atoms with Crippen LogP contribution < -0.4 is 0 Å². The van der Waals surface area contributed by atoms with Crippen molar-refractivity contribution < 1.29 is 9.53 Å². The topological polar surface area (TPSA) is 47.4 Å². The Bertz CT molecular complexity index is 503. The maximum atomic E-state index is 12.4. The third kappa shape index (κ3) is 2.98. The van der Waals surface area contributed by atoms with Crippen LogP contribution in [-0.2, 0) is 16.1 Å². The minimum absolute atomic E-state index is 0.0251. The van der Waals surface area contributed by atoms with Crippen LogP contribution in [0.15, 0.2) is 12.5 Å². The summed E-state index contributed by atoms with van der Waals surface area (Å²) >= 11 is 0. The van der Waals surface area contributed by atoms with Gasteiger partial charge in [0.25, 0.3) is 0 Å². The molecular formula is C16H25N3O2. The standard InChI is InChI=1S/C16H25N3O2/c1-13(2)19-12-17-10-14(19)11-18-8-7-16(5-3-9-21-16)6-4-15(18)20/h10,12-13H,3-9,11H2,1-2H3/t16-/m1/s1. The Hall–Kier alpha value is -1.36. The second kappa shape index (κ2) is 5.79. The van der Waals surface area contributed by atoms with Gasteiger partial charge >= 0.3 is 0 Å². The van der Waals surface area contributed by atoms with Crippen LogP contribution in [0.5, 0.6) is 0 Å². The maximum absolute atomic E-state index is 12.4. The van der Waals surface area contributed by atoms with Gasteiger partial charge in [0.05, 0.1) is 24.2 Å². The molecule has 2 aliphatic rings. The van der Waals surface area contributed by atoms with E-state index in [2.05, 4.69) is 23.4 Å². The first-order valence-electron chi connectivity index (χ1n) is 8.02. The van der Waals surface area contributed by atoms with Gasteiger partial charge in [0.2, 0.25) is 5.91 Å². The molecule has 5 heteroatoms. The van der Waals surface area contributed by atoms with Gasteiger partial charge < -0.3 is 14.2 Å². The first-order chi connectivity index (χ1) is 10.1. The summed E-state index contributed by atoms with van der Waals surface area (Å²) in [5.41, 5.74) is 1.09. The van der Waals surface area contributed by atoms with Gasteiger partial charge in [-0.1, -0.05) is 0 Å². The van der Waals surface area contributed by atoms with Crippen molar-refractivity contribution in [3.05, 3.63) is 18.2 Å². The molecule has 3 heterocycles. The van der Waals surface area contributed by atoms with Crippen LogP contribution in [-0.4, -0.2) is 39.1 Å². The Balaban J connectivity index is 1.70. The lowest BCUT2D eigenvalue weighted by Crippen LogP contribution is -2.32. The Kier molecular flexibility index (Phi) is 4.02. The average molecular weight is 291 g/mol. The number of imidazole rings is 1. The predicted octanol–water partition coefficient (Wildman–Crippen LogP) is 2.53. The highest BCUT2D eigenvalue weighted by atomic mass is 16.5. The molecule has 0 unspecified atom stereocenters. The average Bonchev–Trinajstić information content (AvgIpc) is 3.07. The van der Waals surface area contributed by atoms with Gasteiger partial charge in [0.1, 0.15) is 0 Å². The largest absolute Gasteiger partial charge is 0.375 e. The number of likely N-dealkylation sites (tertiary alicyclic amines) is 1. The zero-order valence-electron chi connectivity index (χ0n) is 13.0. The molecular weight excluding hydrogens is 266 g/mol. The summed E-state index contributed by atoms with van der Waals surface area (Å²) in [6.07, 6.45) is 8.42. The van der Waals surface area contributed by atoms with Crippen molar-refractivity contribution in [2.24, 2.45) is 0 Å². The van der Waals surface area contributed by atoms with E-state index in [4.69, 9.17) is 4.74 Å². The van der Waals surface area contributed by atoms with Crippen molar-refractivity contribution in [2.45, 2.75) is 64.1 Å². The van der Waals surface area contributed by atoms with Crippen molar-refractivity contribution in [2.75, 3.05) is 13.2 Å². The molecule has 0 saturated carbocycles. The second-order valence-electron chi connectivity index (χ2n) is 6.59. The molecule has 0 N–H and O–H groups in total. The number of carbonyl (C=O) groups excluding carboxylic acids is 1. The van der Waals surface area contributed by atoms with Crippen molar-refractivity contribution >= 4 is 5.91 Å². The molecule has 1 atom stereocenters. The fourth-order valence-corrected chi connectivity index (χ4v) is 3.51. The fraction of sp³-hybridized carbons (Fsp3) is 0.750. The molecule has 1 aromatic heterocycles. The Labute approximate surface area is 126 Å². The van der Waals surface area contributed by atoms with Crippen LogP contribution in [0.25, 0.3) is 0 Å². The van der Waals surface area contributed by atoms with Crippen molar-refractivity contribution in [1.82, 2.24) is 14.5 Å². The van der Waals surface area contributed by atoms with Crippen LogP contribution in [0.3, 0.4) is 0 Å². The number of rotatable bonds is 3. The number of aromatic nitrogens is 2. The summed E-state index contributed by atoms with van der Waals surface area (Å²) < 4.78 is 8.10. The molecule has 116 valence electrons. The molecule has 0 bridgehead atoms. The highest BCUT2D eigenvalue weighted by molar-refractivity contribution is 5.76. The monoisotopic (exact) mass is 291 g/mol. The molecule has 21 heavy (non-hydrogen) atoms.